The van der Waals surface area contributed by atoms with Crippen LogP contribution in [0.2, 0.25) is 0 Å². The van der Waals surface area contributed by atoms with E-state index in [-0.39, 0.29) is 34.8 Å². The van der Waals surface area contributed by atoms with E-state index in [9.17, 15) is 13.2 Å². The first kappa shape index (κ1) is 15.2. The Labute approximate surface area is 120 Å². The third-order valence-corrected chi connectivity index (χ3v) is 4.63. The SMILES string of the molecule is Cc1[nH]c(C(=O)O)c(C)c1S(=O)(=O)NCCc1ncon1. The van der Waals surface area contributed by atoms with Gasteiger partial charge in [-0.15, -0.1) is 0 Å². The van der Waals surface area contributed by atoms with E-state index >= 15 is 0 Å². The van der Waals surface area contributed by atoms with Gasteiger partial charge in [-0.1, -0.05) is 5.16 Å². The van der Waals surface area contributed by atoms with Crippen molar-refractivity contribution >= 4 is 16.0 Å². The summed E-state index contributed by atoms with van der Waals surface area (Å²) >= 11 is 0. The molecule has 0 saturated heterocycles. The molecule has 0 aromatic carbocycles. The van der Waals surface area contributed by atoms with E-state index in [1.54, 1.807) is 0 Å². The molecule has 2 aromatic rings. The highest BCUT2D eigenvalue weighted by Gasteiger charge is 2.26. The van der Waals surface area contributed by atoms with Gasteiger partial charge in [0.2, 0.25) is 16.4 Å². The molecule has 0 aliphatic carbocycles. The number of sulfonamides is 1. The zero-order chi connectivity index (χ0) is 15.6. The highest BCUT2D eigenvalue weighted by Crippen LogP contribution is 2.22. The summed E-state index contributed by atoms with van der Waals surface area (Å²) in [6, 6.07) is 0. The Morgan fingerprint density at radius 1 is 1.48 bits per heavy atom. The quantitative estimate of drug-likeness (QED) is 0.693. The number of aryl methyl sites for hydroxylation is 1. The first-order valence-corrected chi connectivity index (χ1v) is 7.48. The van der Waals surface area contributed by atoms with Gasteiger partial charge in [-0.25, -0.2) is 17.9 Å². The molecule has 0 radical (unpaired) electrons. The van der Waals surface area contributed by atoms with Crippen LogP contribution in [0.1, 0.15) is 27.6 Å². The Morgan fingerprint density at radius 3 is 2.71 bits per heavy atom. The topological polar surface area (TPSA) is 138 Å². The molecule has 0 amide bonds. The Balaban J connectivity index is 2.18. The maximum atomic E-state index is 12.2. The van der Waals surface area contributed by atoms with Crippen LogP contribution in [0, 0.1) is 13.8 Å². The molecular weight excluding hydrogens is 300 g/mol. The monoisotopic (exact) mass is 314 g/mol. The predicted molar refractivity (Wildman–Crippen MR) is 70.4 cm³/mol. The van der Waals surface area contributed by atoms with Crippen LogP contribution in [0.15, 0.2) is 15.8 Å². The maximum Gasteiger partial charge on any atom is 0.352 e. The number of nitrogens with one attached hydrogen (secondary N) is 2. The van der Waals surface area contributed by atoms with Crippen molar-refractivity contribution in [2.45, 2.75) is 25.2 Å². The highest BCUT2D eigenvalue weighted by atomic mass is 32.2. The fraction of sp³-hybridized carbons (Fsp3) is 0.364. The van der Waals surface area contributed by atoms with Crippen molar-refractivity contribution in [1.29, 1.82) is 0 Å². The largest absolute Gasteiger partial charge is 0.477 e. The van der Waals surface area contributed by atoms with Crippen LogP contribution in [0.25, 0.3) is 0 Å². The third kappa shape index (κ3) is 3.11. The van der Waals surface area contributed by atoms with Crippen molar-refractivity contribution < 1.29 is 22.8 Å². The molecule has 0 aliphatic rings. The van der Waals surface area contributed by atoms with Gasteiger partial charge in [-0.2, -0.15) is 4.98 Å². The third-order valence-electron chi connectivity index (χ3n) is 2.90. The van der Waals surface area contributed by atoms with Crippen LogP contribution < -0.4 is 4.72 Å². The number of aromatic nitrogens is 3. The second kappa shape index (κ2) is 5.66. The van der Waals surface area contributed by atoms with E-state index in [1.807, 2.05) is 0 Å². The van der Waals surface area contributed by atoms with E-state index in [4.69, 9.17) is 5.11 Å². The van der Waals surface area contributed by atoms with E-state index in [1.165, 1.54) is 13.8 Å². The number of aromatic carboxylic acids is 1. The molecule has 0 bridgehead atoms. The van der Waals surface area contributed by atoms with E-state index < -0.39 is 16.0 Å². The summed E-state index contributed by atoms with van der Waals surface area (Å²) in [5.41, 5.74) is 0.315. The molecule has 9 nitrogen and oxygen atoms in total. The number of H-pyrrole nitrogens is 1. The number of carboxylic acids is 1. The first-order chi connectivity index (χ1) is 9.83. The zero-order valence-electron chi connectivity index (χ0n) is 11.4. The molecule has 3 N–H and O–H groups in total. The highest BCUT2D eigenvalue weighted by molar-refractivity contribution is 7.89. The molecule has 0 atom stereocenters. The van der Waals surface area contributed by atoms with Crippen molar-refractivity contribution in [3.63, 3.8) is 0 Å². The van der Waals surface area contributed by atoms with Crippen molar-refractivity contribution in [1.82, 2.24) is 19.8 Å². The molecule has 10 heteroatoms. The van der Waals surface area contributed by atoms with E-state index in [0.717, 1.165) is 6.39 Å². The number of rotatable bonds is 6. The van der Waals surface area contributed by atoms with Gasteiger partial charge in [0.1, 0.15) is 10.6 Å². The van der Waals surface area contributed by atoms with Gasteiger partial charge in [-0.05, 0) is 13.8 Å². The van der Waals surface area contributed by atoms with Gasteiger partial charge in [0.05, 0.1) is 0 Å². The molecule has 0 saturated carbocycles. The van der Waals surface area contributed by atoms with Gasteiger partial charge in [-0.3, -0.25) is 0 Å². The molecule has 0 spiro atoms. The van der Waals surface area contributed by atoms with Crippen LogP contribution in [0.4, 0.5) is 0 Å². The lowest BCUT2D eigenvalue weighted by Crippen LogP contribution is -2.27. The maximum absolute atomic E-state index is 12.2. The Bertz CT molecular complexity index is 748. The molecule has 0 aliphatic heterocycles. The minimum absolute atomic E-state index is 0.0481. The number of hydrogen-bond donors (Lipinski definition) is 3. The van der Waals surface area contributed by atoms with Crippen LogP contribution in [-0.2, 0) is 16.4 Å². The average molecular weight is 314 g/mol. The van der Waals surface area contributed by atoms with Gasteiger partial charge in [0.15, 0.2) is 5.82 Å². The summed E-state index contributed by atoms with van der Waals surface area (Å²) in [6.07, 6.45) is 1.42. The molecule has 114 valence electrons. The van der Waals surface area contributed by atoms with Crippen molar-refractivity contribution in [2.75, 3.05) is 6.54 Å². The molecule has 2 heterocycles. The minimum Gasteiger partial charge on any atom is -0.477 e. The minimum atomic E-state index is -3.82. The lowest BCUT2D eigenvalue weighted by molar-refractivity contribution is 0.0690. The lowest BCUT2D eigenvalue weighted by Gasteiger charge is -2.06. The Kier molecular flexibility index (Phi) is 4.09. The van der Waals surface area contributed by atoms with Gasteiger partial charge < -0.3 is 14.6 Å². The summed E-state index contributed by atoms with van der Waals surface area (Å²) in [5.74, 6) is -0.824. The predicted octanol–water partition coefficient (Wildman–Crippen LogP) is 0.234. The number of carboxylic acid groups (broad SMARTS) is 1. The van der Waals surface area contributed by atoms with Crippen molar-refractivity contribution in [3.8, 4) is 0 Å². The fourth-order valence-corrected chi connectivity index (χ4v) is 3.50. The van der Waals surface area contributed by atoms with E-state index in [2.05, 4.69) is 24.4 Å². The number of aromatic amines is 1. The Hall–Kier alpha value is -2.20. The van der Waals surface area contributed by atoms with Crippen LogP contribution in [0.5, 0.6) is 0 Å². The van der Waals surface area contributed by atoms with Crippen LogP contribution in [0.3, 0.4) is 0 Å². The summed E-state index contributed by atoms with van der Waals surface area (Å²) in [5, 5.41) is 12.6. The van der Waals surface area contributed by atoms with Gasteiger partial charge in [0.25, 0.3) is 0 Å². The van der Waals surface area contributed by atoms with Gasteiger partial charge >= 0.3 is 5.97 Å². The van der Waals surface area contributed by atoms with E-state index in [0.29, 0.717) is 5.82 Å². The summed E-state index contributed by atoms with van der Waals surface area (Å²) < 4.78 is 31.4. The Morgan fingerprint density at radius 2 is 2.19 bits per heavy atom. The second-order valence-corrected chi connectivity index (χ2v) is 6.08. The summed E-state index contributed by atoms with van der Waals surface area (Å²) in [6.45, 7) is 3.03. The van der Waals surface area contributed by atoms with Crippen LogP contribution >= 0.6 is 0 Å². The normalized spacial score (nSPS) is 11.7. The number of hydrogen-bond acceptors (Lipinski definition) is 6. The number of carbonyl (C=O) groups is 1. The average Bonchev–Trinajstić information content (AvgIpc) is 2.97. The molecule has 21 heavy (non-hydrogen) atoms. The molecule has 0 fully saturated rings. The second-order valence-electron chi connectivity index (χ2n) is 4.38. The van der Waals surface area contributed by atoms with Crippen molar-refractivity contribution in [3.05, 3.63) is 29.2 Å². The standard InChI is InChI=1S/C11H14N4O5S/c1-6-9(11(16)17)14-7(2)10(6)21(18,19)13-4-3-8-12-5-20-15-8/h5,13-14H,3-4H2,1-2H3,(H,16,17). The van der Waals surface area contributed by atoms with Crippen molar-refractivity contribution in [2.24, 2.45) is 0 Å². The first-order valence-electron chi connectivity index (χ1n) is 6.00. The molecular formula is C11H14N4O5S. The lowest BCUT2D eigenvalue weighted by atomic mass is 10.2. The number of nitrogens with zero attached hydrogens (tertiary/aromatic N) is 2. The summed E-state index contributed by atoms with van der Waals surface area (Å²) in [4.78, 5) is 17.3. The summed E-state index contributed by atoms with van der Waals surface area (Å²) in [7, 11) is -3.82. The molecule has 2 aromatic heterocycles. The fourth-order valence-electron chi connectivity index (χ4n) is 2.02. The molecule has 0 unspecified atom stereocenters. The van der Waals surface area contributed by atoms with Gasteiger partial charge in [0, 0.05) is 24.2 Å². The zero-order valence-corrected chi connectivity index (χ0v) is 12.2. The molecule has 2 rings (SSSR count). The van der Waals surface area contributed by atoms with Crippen LogP contribution in [-0.4, -0.2) is 41.2 Å². The smallest absolute Gasteiger partial charge is 0.352 e.